The Bertz CT molecular complexity index is 727. The third-order valence-electron chi connectivity index (χ3n) is 2.84. The van der Waals surface area contributed by atoms with E-state index in [1.165, 1.54) is 0 Å². The number of aromatic nitrogens is 3. The van der Waals surface area contributed by atoms with Gasteiger partial charge >= 0.3 is 0 Å². The number of pyridine rings is 1. The van der Waals surface area contributed by atoms with E-state index in [1.807, 2.05) is 36.4 Å². The van der Waals surface area contributed by atoms with Crippen LogP contribution < -0.4 is 5.32 Å². The van der Waals surface area contributed by atoms with Crippen LogP contribution in [0.15, 0.2) is 67.1 Å². The lowest BCUT2D eigenvalue weighted by atomic mass is 10.2. The highest BCUT2D eigenvalue weighted by atomic mass is 16.1. The number of carbonyl (C=O) groups is 1. The highest BCUT2D eigenvalue weighted by Gasteiger charge is 2.06. The summed E-state index contributed by atoms with van der Waals surface area (Å²) in [4.78, 5) is 24.6. The van der Waals surface area contributed by atoms with Gasteiger partial charge < -0.3 is 5.32 Å². The second-order valence-electron chi connectivity index (χ2n) is 4.33. The van der Waals surface area contributed by atoms with E-state index >= 15 is 0 Å². The second kappa shape index (κ2) is 5.92. The number of anilines is 1. The van der Waals surface area contributed by atoms with Crippen molar-refractivity contribution in [1.82, 2.24) is 15.0 Å². The standard InChI is InChI=1S/C16H12N4O/c21-16(12-6-2-1-3-7-12)20-13-10-18-15(19-11-13)14-8-4-5-9-17-14/h1-11H,(H,20,21). The lowest BCUT2D eigenvalue weighted by Crippen LogP contribution is -2.12. The molecule has 0 saturated heterocycles. The molecule has 0 unspecified atom stereocenters. The molecule has 0 bridgehead atoms. The largest absolute Gasteiger partial charge is 0.319 e. The summed E-state index contributed by atoms with van der Waals surface area (Å²) < 4.78 is 0. The minimum Gasteiger partial charge on any atom is -0.319 e. The average Bonchev–Trinajstić information content (AvgIpc) is 2.57. The van der Waals surface area contributed by atoms with Crippen molar-refractivity contribution >= 4 is 11.6 Å². The van der Waals surface area contributed by atoms with Gasteiger partial charge in [0.2, 0.25) is 0 Å². The molecule has 1 N–H and O–H groups in total. The summed E-state index contributed by atoms with van der Waals surface area (Å²) in [6, 6.07) is 14.5. The van der Waals surface area contributed by atoms with Crippen molar-refractivity contribution in [2.45, 2.75) is 0 Å². The molecule has 0 radical (unpaired) electrons. The van der Waals surface area contributed by atoms with Crippen molar-refractivity contribution < 1.29 is 4.79 Å². The van der Waals surface area contributed by atoms with E-state index < -0.39 is 0 Å². The Morgan fingerprint density at radius 2 is 1.57 bits per heavy atom. The molecule has 0 aliphatic carbocycles. The van der Waals surface area contributed by atoms with E-state index in [0.717, 1.165) is 0 Å². The van der Waals surface area contributed by atoms with Crippen LogP contribution in [0, 0.1) is 0 Å². The van der Waals surface area contributed by atoms with Crippen LogP contribution in [0.3, 0.4) is 0 Å². The van der Waals surface area contributed by atoms with Crippen molar-refractivity contribution in [3.63, 3.8) is 0 Å². The lowest BCUT2D eigenvalue weighted by Gasteiger charge is -2.05. The topological polar surface area (TPSA) is 67.8 Å². The maximum absolute atomic E-state index is 12.0. The predicted octanol–water partition coefficient (Wildman–Crippen LogP) is 2.79. The van der Waals surface area contributed by atoms with Crippen LogP contribution in [0.5, 0.6) is 0 Å². The predicted molar refractivity (Wildman–Crippen MR) is 79.7 cm³/mol. The molecular weight excluding hydrogens is 264 g/mol. The van der Waals surface area contributed by atoms with Gasteiger partial charge in [0.05, 0.1) is 18.1 Å². The Morgan fingerprint density at radius 1 is 0.857 bits per heavy atom. The van der Waals surface area contributed by atoms with E-state index in [4.69, 9.17) is 0 Å². The molecule has 5 nitrogen and oxygen atoms in total. The van der Waals surface area contributed by atoms with Gasteiger partial charge in [-0.2, -0.15) is 0 Å². The fraction of sp³-hybridized carbons (Fsp3) is 0. The molecule has 102 valence electrons. The van der Waals surface area contributed by atoms with Gasteiger partial charge in [-0.3, -0.25) is 9.78 Å². The molecule has 2 aromatic heterocycles. The number of nitrogens with one attached hydrogen (secondary N) is 1. The molecule has 0 aliphatic heterocycles. The molecule has 0 atom stereocenters. The molecule has 0 spiro atoms. The van der Waals surface area contributed by atoms with Crippen LogP contribution in [-0.4, -0.2) is 20.9 Å². The summed E-state index contributed by atoms with van der Waals surface area (Å²) in [5.74, 6) is 0.332. The smallest absolute Gasteiger partial charge is 0.255 e. The van der Waals surface area contributed by atoms with Gasteiger partial charge in [0.25, 0.3) is 5.91 Å². The molecule has 21 heavy (non-hydrogen) atoms. The third kappa shape index (κ3) is 3.09. The van der Waals surface area contributed by atoms with Gasteiger partial charge in [-0.15, -0.1) is 0 Å². The van der Waals surface area contributed by atoms with E-state index in [9.17, 15) is 4.79 Å². The molecular formula is C16H12N4O. The molecule has 3 rings (SSSR count). The lowest BCUT2D eigenvalue weighted by molar-refractivity contribution is 0.102. The van der Waals surface area contributed by atoms with Crippen LogP contribution in [-0.2, 0) is 0 Å². The first-order valence-corrected chi connectivity index (χ1v) is 6.43. The van der Waals surface area contributed by atoms with Crippen LogP contribution in [0.25, 0.3) is 11.5 Å². The number of hydrogen-bond donors (Lipinski definition) is 1. The number of nitrogens with zero attached hydrogens (tertiary/aromatic N) is 3. The summed E-state index contributed by atoms with van der Waals surface area (Å²) in [7, 11) is 0. The maximum atomic E-state index is 12.0. The zero-order valence-corrected chi connectivity index (χ0v) is 11.1. The van der Waals surface area contributed by atoms with Gasteiger partial charge in [-0.1, -0.05) is 24.3 Å². The van der Waals surface area contributed by atoms with Crippen molar-refractivity contribution in [2.75, 3.05) is 5.32 Å². The highest BCUT2D eigenvalue weighted by molar-refractivity contribution is 6.04. The Kier molecular flexibility index (Phi) is 3.64. The Labute approximate surface area is 121 Å². The highest BCUT2D eigenvalue weighted by Crippen LogP contribution is 2.13. The zero-order chi connectivity index (χ0) is 14.5. The molecule has 5 heteroatoms. The van der Waals surface area contributed by atoms with E-state index in [-0.39, 0.29) is 5.91 Å². The van der Waals surface area contributed by atoms with Crippen LogP contribution in [0.2, 0.25) is 0 Å². The minimum atomic E-state index is -0.190. The molecule has 0 fully saturated rings. The number of benzene rings is 1. The van der Waals surface area contributed by atoms with Crippen LogP contribution in [0.4, 0.5) is 5.69 Å². The normalized spacial score (nSPS) is 10.1. The van der Waals surface area contributed by atoms with Gasteiger partial charge in [-0.25, -0.2) is 9.97 Å². The monoisotopic (exact) mass is 276 g/mol. The average molecular weight is 276 g/mol. The summed E-state index contributed by atoms with van der Waals surface area (Å²) in [5, 5.41) is 2.75. The third-order valence-corrected chi connectivity index (χ3v) is 2.84. The molecule has 0 aliphatic rings. The number of carbonyl (C=O) groups excluding carboxylic acids is 1. The van der Waals surface area contributed by atoms with Crippen molar-refractivity contribution in [3.8, 4) is 11.5 Å². The van der Waals surface area contributed by atoms with Gasteiger partial charge in [0.15, 0.2) is 5.82 Å². The van der Waals surface area contributed by atoms with Crippen molar-refractivity contribution in [1.29, 1.82) is 0 Å². The second-order valence-corrected chi connectivity index (χ2v) is 4.33. The van der Waals surface area contributed by atoms with Gasteiger partial charge in [0, 0.05) is 11.8 Å². The summed E-state index contributed by atoms with van der Waals surface area (Å²) in [6.45, 7) is 0. The quantitative estimate of drug-likeness (QED) is 0.798. The molecule has 0 saturated carbocycles. The van der Waals surface area contributed by atoms with Gasteiger partial charge in [-0.05, 0) is 24.3 Å². The number of amides is 1. The summed E-state index contributed by atoms with van der Waals surface area (Å²) >= 11 is 0. The first-order valence-electron chi connectivity index (χ1n) is 6.43. The van der Waals surface area contributed by atoms with Crippen molar-refractivity contribution in [2.24, 2.45) is 0 Å². The molecule has 1 amide bonds. The fourth-order valence-corrected chi connectivity index (χ4v) is 1.81. The fourth-order valence-electron chi connectivity index (χ4n) is 1.81. The Hall–Kier alpha value is -3.08. The number of rotatable bonds is 3. The van der Waals surface area contributed by atoms with Gasteiger partial charge in [0.1, 0.15) is 5.69 Å². The first kappa shape index (κ1) is 12.9. The molecule has 2 heterocycles. The Morgan fingerprint density at radius 3 is 2.24 bits per heavy atom. The Balaban J connectivity index is 1.75. The van der Waals surface area contributed by atoms with Crippen LogP contribution in [0.1, 0.15) is 10.4 Å². The molecule has 1 aromatic carbocycles. The summed E-state index contributed by atoms with van der Waals surface area (Å²) in [5.41, 5.74) is 1.83. The minimum absolute atomic E-state index is 0.190. The van der Waals surface area contributed by atoms with Crippen LogP contribution >= 0.6 is 0 Å². The van der Waals surface area contributed by atoms with E-state index in [1.54, 1.807) is 30.7 Å². The number of hydrogen-bond acceptors (Lipinski definition) is 4. The van der Waals surface area contributed by atoms with E-state index in [2.05, 4.69) is 20.3 Å². The SMILES string of the molecule is O=C(Nc1cnc(-c2ccccn2)nc1)c1ccccc1. The first-order chi connectivity index (χ1) is 10.3. The molecule has 3 aromatic rings. The van der Waals surface area contributed by atoms with E-state index in [0.29, 0.717) is 22.8 Å². The van der Waals surface area contributed by atoms with Crippen molar-refractivity contribution in [3.05, 3.63) is 72.7 Å². The zero-order valence-electron chi connectivity index (χ0n) is 11.1. The maximum Gasteiger partial charge on any atom is 0.255 e. The summed E-state index contributed by atoms with van der Waals surface area (Å²) in [6.07, 6.45) is 4.82.